The van der Waals surface area contributed by atoms with Gasteiger partial charge >= 0.3 is 0 Å². The predicted molar refractivity (Wildman–Crippen MR) is 43.5 cm³/mol. The number of hydrogen-bond donors (Lipinski definition) is 0. The van der Waals surface area contributed by atoms with E-state index >= 15 is 0 Å². The summed E-state index contributed by atoms with van der Waals surface area (Å²) >= 11 is 11.4. The lowest BCUT2D eigenvalue weighted by molar-refractivity contribution is 1.12. The summed E-state index contributed by atoms with van der Waals surface area (Å²) in [5.74, 6) is 0.423. The molecule has 10 heavy (non-hydrogen) atoms. The molecule has 0 saturated carbocycles. The van der Waals surface area contributed by atoms with Gasteiger partial charge in [-0.1, -0.05) is 11.6 Å². The number of alkyl halides is 1. The molecule has 0 N–H and O–H groups in total. The van der Waals surface area contributed by atoms with Crippen molar-refractivity contribution < 1.29 is 0 Å². The normalized spacial score (nSPS) is 9.90. The first kappa shape index (κ1) is 7.83. The molecule has 54 valence electrons. The van der Waals surface area contributed by atoms with Crippen LogP contribution in [0.4, 0.5) is 0 Å². The van der Waals surface area contributed by atoms with Gasteiger partial charge in [0.1, 0.15) is 0 Å². The molecular formula is C7H7Cl2N. The molecule has 0 aliphatic rings. The maximum atomic E-state index is 5.79. The lowest BCUT2D eigenvalue weighted by Crippen LogP contribution is -1.89. The fraction of sp³-hybridized carbons (Fsp3) is 0.286. The Balaban J connectivity index is 3.14. The van der Waals surface area contributed by atoms with Gasteiger partial charge in [-0.15, -0.1) is 11.6 Å². The summed E-state index contributed by atoms with van der Waals surface area (Å²) in [7, 11) is 0. The van der Waals surface area contributed by atoms with Crippen molar-refractivity contribution in [3.63, 3.8) is 0 Å². The molecular weight excluding hydrogens is 169 g/mol. The fourth-order valence-electron chi connectivity index (χ4n) is 0.687. The van der Waals surface area contributed by atoms with Gasteiger partial charge in [0.05, 0.1) is 11.6 Å². The summed E-state index contributed by atoms with van der Waals surface area (Å²) in [6.07, 6.45) is 1.66. The second kappa shape index (κ2) is 3.22. The molecule has 1 heterocycles. The molecule has 0 saturated heterocycles. The zero-order valence-electron chi connectivity index (χ0n) is 5.56. The van der Waals surface area contributed by atoms with E-state index in [9.17, 15) is 0 Å². The number of halogens is 2. The Bertz CT molecular complexity index is 235. The minimum absolute atomic E-state index is 0.423. The van der Waals surface area contributed by atoms with E-state index in [1.54, 1.807) is 12.3 Å². The van der Waals surface area contributed by atoms with Crippen LogP contribution in [-0.2, 0) is 5.88 Å². The van der Waals surface area contributed by atoms with Crippen molar-refractivity contribution in [1.29, 1.82) is 0 Å². The smallest absolute Gasteiger partial charge is 0.0650 e. The number of rotatable bonds is 1. The number of nitrogens with zero attached hydrogens (tertiary/aromatic N) is 1. The Hall–Kier alpha value is -0.270. The third-order valence-corrected chi connectivity index (χ3v) is 2.03. The second-order valence-corrected chi connectivity index (χ2v) is 2.67. The van der Waals surface area contributed by atoms with Crippen molar-refractivity contribution in [3.05, 3.63) is 28.5 Å². The molecule has 1 nitrogen and oxygen atoms in total. The highest BCUT2D eigenvalue weighted by Gasteiger charge is 2.00. The quantitative estimate of drug-likeness (QED) is 0.599. The van der Waals surface area contributed by atoms with Crippen LogP contribution in [-0.4, -0.2) is 4.98 Å². The first-order valence-corrected chi connectivity index (χ1v) is 3.83. The van der Waals surface area contributed by atoms with Crippen LogP contribution >= 0.6 is 23.2 Å². The molecule has 1 aromatic rings. The zero-order valence-corrected chi connectivity index (χ0v) is 7.08. The van der Waals surface area contributed by atoms with Crippen molar-refractivity contribution in [2.45, 2.75) is 12.8 Å². The maximum Gasteiger partial charge on any atom is 0.0650 e. The van der Waals surface area contributed by atoms with Gasteiger partial charge in [0.2, 0.25) is 0 Å². The minimum atomic E-state index is 0.423. The Kier molecular flexibility index (Phi) is 2.52. The molecule has 0 aromatic carbocycles. The van der Waals surface area contributed by atoms with Crippen molar-refractivity contribution in [2.24, 2.45) is 0 Å². The molecule has 0 atom stereocenters. The van der Waals surface area contributed by atoms with E-state index in [1.807, 2.05) is 6.92 Å². The molecule has 1 aromatic heterocycles. The summed E-state index contributed by atoms with van der Waals surface area (Å²) in [6, 6.07) is 1.76. The largest absolute Gasteiger partial charge is 0.260 e. The number of hydrogen-bond acceptors (Lipinski definition) is 1. The summed E-state index contributed by atoms with van der Waals surface area (Å²) in [6.45, 7) is 1.91. The maximum absolute atomic E-state index is 5.79. The van der Waals surface area contributed by atoms with Crippen molar-refractivity contribution in [1.82, 2.24) is 4.98 Å². The summed E-state index contributed by atoms with van der Waals surface area (Å²) in [4.78, 5) is 4.04. The Morgan fingerprint density at radius 3 is 2.80 bits per heavy atom. The third kappa shape index (κ3) is 1.41. The van der Waals surface area contributed by atoms with Crippen LogP contribution in [0.1, 0.15) is 11.3 Å². The molecule has 0 aliphatic carbocycles. The van der Waals surface area contributed by atoms with E-state index in [0.717, 1.165) is 16.3 Å². The Morgan fingerprint density at radius 1 is 1.60 bits per heavy atom. The van der Waals surface area contributed by atoms with Gasteiger partial charge in [-0.25, -0.2) is 0 Å². The van der Waals surface area contributed by atoms with Crippen LogP contribution in [0.2, 0.25) is 5.02 Å². The Morgan fingerprint density at radius 2 is 2.30 bits per heavy atom. The predicted octanol–water partition coefficient (Wildman–Crippen LogP) is 2.78. The van der Waals surface area contributed by atoms with Crippen molar-refractivity contribution in [3.8, 4) is 0 Å². The van der Waals surface area contributed by atoms with E-state index < -0.39 is 0 Å². The molecule has 0 bridgehead atoms. The van der Waals surface area contributed by atoms with Crippen LogP contribution in [0, 0.1) is 6.92 Å². The van der Waals surface area contributed by atoms with Gasteiger partial charge in [-0.3, -0.25) is 4.98 Å². The van der Waals surface area contributed by atoms with Gasteiger partial charge < -0.3 is 0 Å². The first-order valence-electron chi connectivity index (χ1n) is 2.91. The lowest BCUT2D eigenvalue weighted by atomic mass is 10.2. The highest BCUT2D eigenvalue weighted by atomic mass is 35.5. The van der Waals surface area contributed by atoms with Crippen LogP contribution in [0.5, 0.6) is 0 Å². The molecule has 1 rings (SSSR count). The fourth-order valence-corrected chi connectivity index (χ4v) is 1.12. The van der Waals surface area contributed by atoms with Gasteiger partial charge in [0.15, 0.2) is 0 Å². The highest BCUT2D eigenvalue weighted by molar-refractivity contribution is 6.31. The van der Waals surface area contributed by atoms with Crippen LogP contribution < -0.4 is 0 Å². The Labute approximate surface area is 70.0 Å². The second-order valence-electron chi connectivity index (χ2n) is 2.00. The monoisotopic (exact) mass is 175 g/mol. The SMILES string of the molecule is Cc1c(Cl)ccnc1CCl. The molecule has 0 fully saturated rings. The average Bonchev–Trinajstić information content (AvgIpc) is 1.95. The van der Waals surface area contributed by atoms with Crippen molar-refractivity contribution in [2.75, 3.05) is 0 Å². The third-order valence-electron chi connectivity index (χ3n) is 1.37. The van der Waals surface area contributed by atoms with E-state index in [1.165, 1.54) is 0 Å². The molecule has 0 amide bonds. The minimum Gasteiger partial charge on any atom is -0.260 e. The van der Waals surface area contributed by atoms with E-state index in [0.29, 0.717) is 5.88 Å². The van der Waals surface area contributed by atoms with Gasteiger partial charge in [0.25, 0.3) is 0 Å². The van der Waals surface area contributed by atoms with Crippen LogP contribution in [0.3, 0.4) is 0 Å². The average molecular weight is 176 g/mol. The summed E-state index contributed by atoms with van der Waals surface area (Å²) in [5.41, 5.74) is 1.83. The molecule has 0 spiro atoms. The summed E-state index contributed by atoms with van der Waals surface area (Å²) in [5, 5.41) is 0.727. The first-order chi connectivity index (χ1) is 4.75. The lowest BCUT2D eigenvalue weighted by Gasteiger charge is -2.00. The van der Waals surface area contributed by atoms with E-state index in [4.69, 9.17) is 23.2 Å². The van der Waals surface area contributed by atoms with Crippen LogP contribution in [0.25, 0.3) is 0 Å². The van der Waals surface area contributed by atoms with E-state index in [-0.39, 0.29) is 0 Å². The highest BCUT2D eigenvalue weighted by Crippen LogP contribution is 2.17. The van der Waals surface area contributed by atoms with Gasteiger partial charge in [0, 0.05) is 11.2 Å². The molecule has 0 aliphatic heterocycles. The topological polar surface area (TPSA) is 12.9 Å². The molecule has 0 radical (unpaired) electrons. The van der Waals surface area contributed by atoms with Gasteiger partial charge in [-0.2, -0.15) is 0 Å². The molecule has 0 unspecified atom stereocenters. The van der Waals surface area contributed by atoms with Gasteiger partial charge in [-0.05, 0) is 18.6 Å². The summed E-state index contributed by atoms with van der Waals surface area (Å²) < 4.78 is 0. The number of aromatic nitrogens is 1. The van der Waals surface area contributed by atoms with Crippen molar-refractivity contribution >= 4 is 23.2 Å². The standard InChI is InChI=1S/C7H7Cl2N/c1-5-6(9)2-3-10-7(5)4-8/h2-3H,4H2,1H3. The number of pyridine rings is 1. The van der Waals surface area contributed by atoms with E-state index in [2.05, 4.69) is 4.98 Å². The zero-order chi connectivity index (χ0) is 7.56. The van der Waals surface area contributed by atoms with Crippen LogP contribution in [0.15, 0.2) is 12.3 Å². The molecule has 3 heteroatoms.